The van der Waals surface area contributed by atoms with Crippen LogP contribution in [0.5, 0.6) is 0 Å². The van der Waals surface area contributed by atoms with Crippen LogP contribution in [0.1, 0.15) is 33.6 Å². The lowest BCUT2D eigenvalue weighted by Gasteiger charge is -2.24. The number of carbonyl (C=O) groups is 2. The molecule has 1 aromatic carbocycles. The highest BCUT2D eigenvalue weighted by Crippen LogP contribution is 2.47. The average molecular weight is 296 g/mol. The highest BCUT2D eigenvalue weighted by molar-refractivity contribution is 6.13. The fourth-order valence-electron chi connectivity index (χ4n) is 1.97. The Kier molecular flexibility index (Phi) is 3.74. The van der Waals surface area contributed by atoms with E-state index in [0.29, 0.717) is 12.8 Å². The molecule has 2 rings (SSSR count). The van der Waals surface area contributed by atoms with Crippen molar-refractivity contribution in [2.24, 2.45) is 5.41 Å². The number of nitrogens with one attached hydrogen (secondary N) is 2. The highest BCUT2D eigenvalue weighted by atomic mass is 19.2. The van der Waals surface area contributed by atoms with Gasteiger partial charge in [-0.2, -0.15) is 0 Å². The van der Waals surface area contributed by atoms with E-state index in [2.05, 4.69) is 10.6 Å². The van der Waals surface area contributed by atoms with E-state index < -0.39 is 28.5 Å². The van der Waals surface area contributed by atoms with Gasteiger partial charge in [0, 0.05) is 17.3 Å². The SMILES string of the molecule is CC(C)(C)NC(=O)C1(C(=O)Nc2ccc(F)c(F)c2)CC1. The lowest BCUT2D eigenvalue weighted by atomic mass is 10.0. The minimum Gasteiger partial charge on any atom is -0.351 e. The van der Waals surface area contributed by atoms with Crippen molar-refractivity contribution in [3.05, 3.63) is 29.8 Å². The number of carbonyl (C=O) groups excluding carboxylic acids is 2. The number of anilines is 1. The second kappa shape index (κ2) is 5.09. The number of halogens is 2. The summed E-state index contributed by atoms with van der Waals surface area (Å²) >= 11 is 0. The van der Waals surface area contributed by atoms with E-state index in [9.17, 15) is 18.4 Å². The Morgan fingerprint density at radius 2 is 1.71 bits per heavy atom. The molecule has 4 nitrogen and oxygen atoms in total. The van der Waals surface area contributed by atoms with Crippen LogP contribution in [0.3, 0.4) is 0 Å². The normalized spacial score (nSPS) is 16.2. The van der Waals surface area contributed by atoms with Crippen LogP contribution in [0.15, 0.2) is 18.2 Å². The van der Waals surface area contributed by atoms with Crippen molar-refractivity contribution in [3.8, 4) is 0 Å². The zero-order chi connectivity index (χ0) is 15.8. The minimum absolute atomic E-state index is 0.133. The molecule has 0 aliphatic heterocycles. The molecular weight excluding hydrogens is 278 g/mol. The average Bonchev–Trinajstić information content (AvgIpc) is 3.13. The zero-order valence-electron chi connectivity index (χ0n) is 12.2. The molecule has 0 bridgehead atoms. The topological polar surface area (TPSA) is 58.2 Å². The van der Waals surface area contributed by atoms with Crippen molar-refractivity contribution in [2.45, 2.75) is 39.2 Å². The van der Waals surface area contributed by atoms with Gasteiger partial charge in [-0.15, -0.1) is 0 Å². The molecule has 1 aliphatic rings. The summed E-state index contributed by atoms with van der Waals surface area (Å²) in [7, 11) is 0. The molecule has 21 heavy (non-hydrogen) atoms. The Labute approximate surface area is 121 Å². The maximum atomic E-state index is 13.1. The molecular formula is C15H18F2N2O2. The molecule has 0 unspecified atom stereocenters. The summed E-state index contributed by atoms with van der Waals surface area (Å²) in [5, 5.41) is 5.25. The molecule has 0 atom stereocenters. The van der Waals surface area contributed by atoms with Crippen molar-refractivity contribution in [3.63, 3.8) is 0 Å². The van der Waals surface area contributed by atoms with Gasteiger partial charge in [-0.25, -0.2) is 8.78 Å². The molecule has 1 aromatic rings. The van der Waals surface area contributed by atoms with Crippen LogP contribution in [0, 0.1) is 17.0 Å². The van der Waals surface area contributed by atoms with Crippen LogP contribution in [-0.4, -0.2) is 17.4 Å². The fourth-order valence-corrected chi connectivity index (χ4v) is 1.97. The Balaban J connectivity index is 2.09. The highest BCUT2D eigenvalue weighted by Gasteiger charge is 2.57. The van der Waals surface area contributed by atoms with Gasteiger partial charge in [0.2, 0.25) is 11.8 Å². The summed E-state index contributed by atoms with van der Waals surface area (Å²) in [6.45, 7) is 5.48. The predicted molar refractivity (Wildman–Crippen MR) is 74.6 cm³/mol. The quantitative estimate of drug-likeness (QED) is 0.842. The Bertz CT molecular complexity index is 590. The van der Waals surface area contributed by atoms with Crippen molar-refractivity contribution >= 4 is 17.5 Å². The second-order valence-electron chi connectivity index (χ2n) is 6.37. The Hall–Kier alpha value is -1.98. The van der Waals surface area contributed by atoms with Crippen LogP contribution in [-0.2, 0) is 9.59 Å². The Morgan fingerprint density at radius 1 is 1.10 bits per heavy atom. The number of rotatable bonds is 3. The monoisotopic (exact) mass is 296 g/mol. The van der Waals surface area contributed by atoms with Gasteiger partial charge < -0.3 is 10.6 Å². The number of benzene rings is 1. The van der Waals surface area contributed by atoms with Gasteiger partial charge in [0.25, 0.3) is 0 Å². The molecule has 1 saturated carbocycles. The van der Waals surface area contributed by atoms with Crippen molar-refractivity contribution in [1.29, 1.82) is 0 Å². The third kappa shape index (κ3) is 3.37. The molecule has 1 fully saturated rings. The third-order valence-corrected chi connectivity index (χ3v) is 3.29. The lowest BCUT2D eigenvalue weighted by molar-refractivity contribution is -0.135. The van der Waals surface area contributed by atoms with Gasteiger partial charge in [0.15, 0.2) is 11.6 Å². The molecule has 0 aromatic heterocycles. The van der Waals surface area contributed by atoms with Crippen LogP contribution in [0.4, 0.5) is 14.5 Å². The Morgan fingerprint density at radius 3 is 2.19 bits per heavy atom. The van der Waals surface area contributed by atoms with E-state index in [0.717, 1.165) is 12.1 Å². The third-order valence-electron chi connectivity index (χ3n) is 3.29. The first kappa shape index (κ1) is 15.4. The molecule has 2 amide bonds. The number of hydrogen-bond donors (Lipinski definition) is 2. The van der Waals surface area contributed by atoms with Gasteiger partial charge in [-0.1, -0.05) is 0 Å². The number of amides is 2. The van der Waals surface area contributed by atoms with Gasteiger partial charge in [0.05, 0.1) is 0 Å². The molecule has 114 valence electrons. The molecule has 1 aliphatic carbocycles. The summed E-state index contributed by atoms with van der Waals surface area (Å²) in [5.74, 6) is -2.86. The first-order valence-corrected chi connectivity index (χ1v) is 6.73. The molecule has 0 radical (unpaired) electrons. The maximum Gasteiger partial charge on any atom is 0.240 e. The van der Waals surface area contributed by atoms with E-state index in [1.165, 1.54) is 6.07 Å². The zero-order valence-corrected chi connectivity index (χ0v) is 12.2. The second-order valence-corrected chi connectivity index (χ2v) is 6.37. The molecule has 2 N–H and O–H groups in total. The van der Waals surface area contributed by atoms with Crippen LogP contribution >= 0.6 is 0 Å². The smallest absolute Gasteiger partial charge is 0.240 e. The van der Waals surface area contributed by atoms with Crippen molar-refractivity contribution < 1.29 is 18.4 Å². The first-order chi connectivity index (χ1) is 9.64. The molecule has 0 heterocycles. The summed E-state index contributed by atoms with van der Waals surface area (Å²) in [5.41, 5.74) is -1.40. The standard InChI is InChI=1S/C15H18F2N2O2/c1-14(2,3)19-13(21)15(6-7-15)12(20)18-9-4-5-10(16)11(17)8-9/h4-5,8H,6-7H2,1-3H3,(H,18,20)(H,19,21). The maximum absolute atomic E-state index is 13.1. The van der Waals surface area contributed by atoms with Crippen molar-refractivity contribution in [1.82, 2.24) is 5.32 Å². The van der Waals surface area contributed by atoms with Gasteiger partial charge >= 0.3 is 0 Å². The predicted octanol–water partition coefficient (Wildman–Crippen LogP) is 2.60. The summed E-state index contributed by atoms with van der Waals surface area (Å²) < 4.78 is 26.0. The van der Waals surface area contributed by atoms with Crippen LogP contribution in [0.25, 0.3) is 0 Å². The fraction of sp³-hybridized carbons (Fsp3) is 0.467. The lowest BCUT2D eigenvalue weighted by Crippen LogP contribution is -2.48. The van der Waals surface area contributed by atoms with E-state index >= 15 is 0 Å². The largest absolute Gasteiger partial charge is 0.351 e. The molecule has 0 saturated heterocycles. The van der Waals surface area contributed by atoms with Crippen molar-refractivity contribution in [2.75, 3.05) is 5.32 Å². The van der Waals surface area contributed by atoms with Crippen LogP contribution < -0.4 is 10.6 Å². The van der Waals surface area contributed by atoms with Gasteiger partial charge in [-0.05, 0) is 45.7 Å². The summed E-state index contributed by atoms with van der Waals surface area (Å²) in [6.07, 6.45) is 0.898. The van der Waals surface area contributed by atoms with Gasteiger partial charge in [-0.3, -0.25) is 9.59 Å². The van der Waals surface area contributed by atoms with E-state index in [-0.39, 0.29) is 11.6 Å². The number of hydrogen-bond acceptors (Lipinski definition) is 2. The first-order valence-electron chi connectivity index (χ1n) is 6.73. The van der Waals surface area contributed by atoms with Gasteiger partial charge in [0.1, 0.15) is 5.41 Å². The molecule has 0 spiro atoms. The minimum atomic E-state index is -1.10. The molecule has 6 heteroatoms. The summed E-state index contributed by atoms with van der Waals surface area (Å²) in [4.78, 5) is 24.4. The van der Waals surface area contributed by atoms with E-state index in [1.807, 2.05) is 20.8 Å². The summed E-state index contributed by atoms with van der Waals surface area (Å²) in [6, 6.07) is 3.08. The van der Waals surface area contributed by atoms with Crippen LogP contribution in [0.2, 0.25) is 0 Å². The van der Waals surface area contributed by atoms with E-state index in [1.54, 1.807) is 0 Å². The van der Waals surface area contributed by atoms with E-state index in [4.69, 9.17) is 0 Å².